The first kappa shape index (κ1) is 21.8. The molecule has 2 saturated heterocycles. The Morgan fingerprint density at radius 1 is 1.41 bits per heavy atom. The minimum Gasteiger partial charge on any atom is -0.491 e. The highest BCUT2D eigenvalue weighted by Crippen LogP contribution is 2.35. The number of hydrogen-bond donors (Lipinski definition) is 3. The summed E-state index contributed by atoms with van der Waals surface area (Å²) < 4.78 is 34.7. The number of rotatable bonds is 7. The van der Waals surface area contributed by atoms with E-state index in [0.717, 1.165) is 12.7 Å². The van der Waals surface area contributed by atoms with Crippen molar-refractivity contribution in [2.75, 3.05) is 39.1 Å². The Labute approximate surface area is 170 Å². The molecule has 0 aromatic heterocycles. The molecule has 29 heavy (non-hydrogen) atoms. The summed E-state index contributed by atoms with van der Waals surface area (Å²) in [6.45, 7) is 1.83. The van der Waals surface area contributed by atoms with Crippen LogP contribution >= 0.6 is 0 Å². The molecule has 9 nitrogen and oxygen atoms in total. The third-order valence-electron chi connectivity index (χ3n) is 5.47. The van der Waals surface area contributed by atoms with E-state index in [1.54, 1.807) is 12.1 Å². The fourth-order valence-electron chi connectivity index (χ4n) is 3.78. The first-order chi connectivity index (χ1) is 13.7. The monoisotopic (exact) mass is 428 g/mol. The van der Waals surface area contributed by atoms with Crippen molar-refractivity contribution in [3.8, 4) is 5.75 Å². The molecule has 1 amide bonds. The van der Waals surface area contributed by atoms with E-state index in [1.165, 1.54) is 17.0 Å². The molecule has 1 spiro atoms. The highest BCUT2D eigenvalue weighted by molar-refractivity contribution is 7.90. The van der Waals surface area contributed by atoms with Crippen molar-refractivity contribution in [2.24, 2.45) is 0 Å². The van der Waals surface area contributed by atoms with Gasteiger partial charge in [0.15, 0.2) is 9.84 Å². The maximum atomic E-state index is 11.6. The Morgan fingerprint density at radius 3 is 2.79 bits per heavy atom. The maximum Gasteiger partial charge on any atom is 0.407 e. The van der Waals surface area contributed by atoms with Gasteiger partial charge in [-0.15, -0.1) is 0 Å². The zero-order valence-corrected chi connectivity index (χ0v) is 17.2. The molecule has 2 atom stereocenters. The number of sulfone groups is 1. The third kappa shape index (κ3) is 5.81. The first-order valence-corrected chi connectivity index (χ1v) is 11.5. The van der Waals surface area contributed by atoms with Crippen molar-refractivity contribution in [3.63, 3.8) is 0 Å². The summed E-state index contributed by atoms with van der Waals surface area (Å²) in [6, 6.07) is 6.27. The fourth-order valence-corrected chi connectivity index (χ4v) is 4.43. The summed E-state index contributed by atoms with van der Waals surface area (Å²) in [7, 11) is -3.31. The zero-order chi connectivity index (χ0) is 21.1. The smallest absolute Gasteiger partial charge is 0.407 e. The van der Waals surface area contributed by atoms with Crippen molar-refractivity contribution in [3.05, 3.63) is 24.3 Å². The number of nitrogens with zero attached hydrogens (tertiary/aromatic N) is 1. The molecule has 0 saturated carbocycles. The molecule has 1 aromatic rings. The van der Waals surface area contributed by atoms with Crippen molar-refractivity contribution in [1.82, 2.24) is 10.2 Å². The number of aliphatic hydroxyl groups excluding tert-OH is 1. The lowest BCUT2D eigenvalue weighted by molar-refractivity contribution is -0.0395. The molecular weight excluding hydrogens is 400 g/mol. The van der Waals surface area contributed by atoms with Crippen LogP contribution in [0.4, 0.5) is 4.79 Å². The van der Waals surface area contributed by atoms with E-state index < -0.39 is 22.0 Å². The zero-order valence-electron chi connectivity index (χ0n) is 16.4. The van der Waals surface area contributed by atoms with Crippen LogP contribution in [0.3, 0.4) is 0 Å². The van der Waals surface area contributed by atoms with E-state index in [1.807, 2.05) is 0 Å². The molecule has 3 N–H and O–H groups in total. The van der Waals surface area contributed by atoms with Crippen molar-refractivity contribution >= 4 is 15.9 Å². The average Bonchev–Trinajstić information content (AvgIpc) is 3.07. The second kappa shape index (κ2) is 8.86. The molecule has 0 radical (unpaired) electrons. The highest BCUT2D eigenvalue weighted by atomic mass is 32.2. The molecular formula is C19H28N2O7S. The van der Waals surface area contributed by atoms with Crippen LogP contribution in [-0.4, -0.2) is 86.5 Å². The summed E-state index contributed by atoms with van der Waals surface area (Å²) >= 11 is 0. The van der Waals surface area contributed by atoms with Gasteiger partial charge < -0.3 is 29.9 Å². The quantitative estimate of drug-likeness (QED) is 0.580. The van der Waals surface area contributed by atoms with Crippen molar-refractivity contribution in [1.29, 1.82) is 0 Å². The lowest BCUT2D eigenvalue weighted by Gasteiger charge is -2.37. The molecule has 162 valence electrons. The van der Waals surface area contributed by atoms with E-state index in [-0.39, 0.29) is 23.1 Å². The van der Waals surface area contributed by atoms with Crippen LogP contribution in [0.1, 0.15) is 19.3 Å². The van der Waals surface area contributed by atoms with E-state index in [2.05, 4.69) is 5.32 Å². The largest absolute Gasteiger partial charge is 0.491 e. The molecule has 1 aromatic carbocycles. The Balaban J connectivity index is 1.40. The number of aliphatic hydroxyl groups is 1. The lowest BCUT2D eigenvalue weighted by atomic mass is 9.87. The summed E-state index contributed by atoms with van der Waals surface area (Å²) in [5, 5.41) is 22.5. The summed E-state index contributed by atoms with van der Waals surface area (Å²) in [6.07, 6.45) is 1.62. The Kier molecular flexibility index (Phi) is 6.67. The number of likely N-dealkylation sites (tertiary alicyclic amines) is 1. The van der Waals surface area contributed by atoms with Crippen LogP contribution in [0.25, 0.3) is 0 Å². The standard InChI is InChI=1S/C19H28N2O7S/c1-29(25,26)17-4-2-3-16(9-17)27-13-15(22)11-20-14-10-19(28-12-14)5-7-21(8-6-19)18(23)24/h2-4,9,14-15,20,22H,5-8,10-13H2,1H3,(H,23,24)/t14?,15-/m1/s1. The number of hydrogen-bond acceptors (Lipinski definition) is 7. The SMILES string of the molecule is CS(=O)(=O)c1cccc(OC[C@H](O)CNC2COC3(CCN(C(=O)O)CC3)C2)c1. The number of carbonyl (C=O) groups is 1. The van der Waals surface area contributed by atoms with E-state index >= 15 is 0 Å². The molecule has 10 heteroatoms. The Hall–Kier alpha value is -1.88. The molecule has 2 aliphatic rings. The molecule has 1 unspecified atom stereocenters. The number of benzene rings is 1. The van der Waals surface area contributed by atoms with Crippen LogP contribution in [0.2, 0.25) is 0 Å². The van der Waals surface area contributed by atoms with Crippen LogP contribution in [0.15, 0.2) is 29.2 Å². The minimum absolute atomic E-state index is 0.0342. The summed E-state index contributed by atoms with van der Waals surface area (Å²) in [4.78, 5) is 12.6. The molecule has 2 aliphatic heterocycles. The van der Waals surface area contributed by atoms with Gasteiger partial charge in [0.25, 0.3) is 0 Å². The number of nitrogens with one attached hydrogen (secondary N) is 1. The van der Waals surface area contributed by atoms with Crippen molar-refractivity contribution < 1.29 is 32.9 Å². The van der Waals surface area contributed by atoms with E-state index in [9.17, 15) is 18.3 Å². The minimum atomic E-state index is -3.31. The topological polar surface area (TPSA) is 125 Å². The van der Waals surface area contributed by atoms with Gasteiger partial charge >= 0.3 is 6.09 Å². The van der Waals surface area contributed by atoms with Gasteiger partial charge in [-0.05, 0) is 37.5 Å². The van der Waals surface area contributed by atoms with E-state index in [0.29, 0.717) is 44.8 Å². The molecule has 3 rings (SSSR count). The van der Waals surface area contributed by atoms with Crippen molar-refractivity contribution in [2.45, 2.75) is 41.9 Å². The number of piperidine rings is 1. The van der Waals surface area contributed by atoms with Gasteiger partial charge in [-0.2, -0.15) is 0 Å². The van der Waals surface area contributed by atoms with Crippen LogP contribution in [-0.2, 0) is 14.6 Å². The third-order valence-corrected chi connectivity index (χ3v) is 6.58. The second-order valence-electron chi connectivity index (χ2n) is 7.78. The predicted octanol–water partition coefficient (Wildman–Crippen LogP) is 0.721. The van der Waals surface area contributed by atoms with Gasteiger partial charge in [-0.1, -0.05) is 6.07 Å². The normalized spacial score (nSPS) is 22.6. The fraction of sp³-hybridized carbons (Fsp3) is 0.632. The lowest BCUT2D eigenvalue weighted by Crippen LogP contribution is -2.46. The predicted molar refractivity (Wildman–Crippen MR) is 105 cm³/mol. The second-order valence-corrected chi connectivity index (χ2v) is 9.80. The summed E-state index contributed by atoms with van der Waals surface area (Å²) in [5.74, 6) is 0.389. The van der Waals surface area contributed by atoms with Crippen LogP contribution in [0, 0.1) is 0 Å². The molecule has 0 aliphatic carbocycles. The van der Waals surface area contributed by atoms with Gasteiger partial charge in [0, 0.05) is 31.9 Å². The van der Waals surface area contributed by atoms with E-state index in [4.69, 9.17) is 14.6 Å². The van der Waals surface area contributed by atoms with Crippen LogP contribution in [0.5, 0.6) is 5.75 Å². The first-order valence-electron chi connectivity index (χ1n) is 9.63. The Bertz CT molecular complexity index is 822. The Morgan fingerprint density at radius 2 is 2.14 bits per heavy atom. The van der Waals surface area contributed by atoms with Crippen LogP contribution < -0.4 is 10.1 Å². The average molecular weight is 429 g/mol. The number of ether oxygens (including phenoxy) is 2. The highest BCUT2D eigenvalue weighted by Gasteiger charge is 2.43. The molecule has 2 fully saturated rings. The molecule has 2 heterocycles. The number of amides is 1. The summed E-state index contributed by atoms with van der Waals surface area (Å²) in [5.41, 5.74) is -0.281. The van der Waals surface area contributed by atoms with Gasteiger partial charge in [0.1, 0.15) is 18.5 Å². The molecule has 0 bridgehead atoms. The van der Waals surface area contributed by atoms with Gasteiger partial charge in [0.2, 0.25) is 0 Å². The maximum absolute atomic E-state index is 11.6. The number of carboxylic acid groups (broad SMARTS) is 1. The van der Waals surface area contributed by atoms with Gasteiger partial charge in [0.05, 0.1) is 17.1 Å². The van der Waals surface area contributed by atoms with Gasteiger partial charge in [-0.3, -0.25) is 0 Å². The van der Waals surface area contributed by atoms with Gasteiger partial charge in [-0.25, -0.2) is 13.2 Å².